The van der Waals surface area contributed by atoms with Gasteiger partial charge < -0.3 is 9.15 Å². The van der Waals surface area contributed by atoms with E-state index in [0.717, 1.165) is 0 Å². The fourth-order valence-corrected chi connectivity index (χ4v) is 3.35. The highest BCUT2D eigenvalue weighted by atomic mass is 32.2. The van der Waals surface area contributed by atoms with E-state index in [-0.39, 0.29) is 18.2 Å². The maximum atomic E-state index is 12.4. The summed E-state index contributed by atoms with van der Waals surface area (Å²) in [6, 6.07) is 9.53. The number of rotatable bonds is 5. The molecule has 2 heterocycles. The Morgan fingerprint density at radius 1 is 1.29 bits per heavy atom. The number of benzene rings is 1. The van der Waals surface area contributed by atoms with E-state index in [1.165, 1.54) is 35.1 Å². The lowest BCUT2D eigenvalue weighted by Gasteiger charge is -2.11. The number of nitrogens with zero attached hydrogens (tertiary/aromatic N) is 1. The molecule has 1 amide bonds. The van der Waals surface area contributed by atoms with Gasteiger partial charge in [-0.2, -0.15) is 8.78 Å². The number of hydrogen-bond acceptors (Lipinski definition) is 5. The fraction of sp³-hybridized carbons (Fsp3) is 0.125. The van der Waals surface area contributed by atoms with Gasteiger partial charge in [0, 0.05) is 0 Å². The smallest absolute Gasteiger partial charge is 0.387 e. The molecule has 1 aromatic heterocycles. The van der Waals surface area contributed by atoms with Crippen LogP contribution in [0.5, 0.6) is 5.75 Å². The molecule has 1 saturated heterocycles. The van der Waals surface area contributed by atoms with E-state index in [1.54, 1.807) is 30.3 Å². The van der Waals surface area contributed by atoms with Gasteiger partial charge in [0.25, 0.3) is 5.91 Å². The first-order valence-corrected chi connectivity index (χ1v) is 8.08. The molecule has 1 aliphatic heterocycles. The van der Waals surface area contributed by atoms with E-state index < -0.39 is 6.61 Å². The third-order valence-corrected chi connectivity index (χ3v) is 4.55. The fourth-order valence-electron chi connectivity index (χ4n) is 2.09. The van der Waals surface area contributed by atoms with Crippen molar-refractivity contribution in [1.29, 1.82) is 0 Å². The summed E-state index contributed by atoms with van der Waals surface area (Å²) >= 11 is 6.42. The molecular weight excluding hydrogens is 356 g/mol. The second kappa shape index (κ2) is 7.14. The largest absolute Gasteiger partial charge is 0.467 e. The van der Waals surface area contributed by atoms with E-state index in [0.29, 0.717) is 20.5 Å². The number of carbonyl (C=O) groups excluding carboxylic acids is 1. The van der Waals surface area contributed by atoms with Gasteiger partial charge in [-0.1, -0.05) is 36.1 Å². The number of hydrogen-bond donors (Lipinski definition) is 0. The zero-order valence-electron chi connectivity index (χ0n) is 12.1. The molecule has 0 spiro atoms. The maximum absolute atomic E-state index is 12.4. The minimum Gasteiger partial charge on any atom is -0.467 e. The van der Waals surface area contributed by atoms with Crippen molar-refractivity contribution in [2.45, 2.75) is 13.2 Å². The second-order valence-electron chi connectivity index (χ2n) is 4.79. The van der Waals surface area contributed by atoms with Crippen molar-refractivity contribution in [3.05, 3.63) is 58.9 Å². The molecule has 3 rings (SSSR count). The summed E-state index contributed by atoms with van der Waals surface area (Å²) in [5.74, 6) is 0.489. The lowest BCUT2D eigenvalue weighted by molar-refractivity contribution is -0.122. The van der Waals surface area contributed by atoms with Gasteiger partial charge >= 0.3 is 6.61 Å². The molecule has 0 unspecified atom stereocenters. The van der Waals surface area contributed by atoms with Crippen LogP contribution in [0.2, 0.25) is 0 Å². The molecular formula is C16H11F2NO3S2. The van der Waals surface area contributed by atoms with Crippen LogP contribution in [0, 0.1) is 0 Å². The number of amides is 1. The number of alkyl halides is 2. The van der Waals surface area contributed by atoms with E-state index >= 15 is 0 Å². The number of halogens is 2. The van der Waals surface area contributed by atoms with Gasteiger partial charge in [0.2, 0.25) is 0 Å². The molecule has 1 aromatic carbocycles. The molecule has 1 aliphatic rings. The van der Waals surface area contributed by atoms with Gasteiger partial charge in [-0.3, -0.25) is 9.69 Å². The molecule has 24 heavy (non-hydrogen) atoms. The zero-order chi connectivity index (χ0) is 17.1. The Bertz CT molecular complexity index is 773. The molecule has 0 bridgehead atoms. The van der Waals surface area contributed by atoms with E-state index in [9.17, 15) is 13.6 Å². The predicted octanol–water partition coefficient (Wildman–Crippen LogP) is 4.28. The van der Waals surface area contributed by atoms with Gasteiger partial charge in [-0.05, 0) is 35.9 Å². The summed E-state index contributed by atoms with van der Waals surface area (Å²) in [5, 5.41) is 0. The Labute approximate surface area is 146 Å². The maximum Gasteiger partial charge on any atom is 0.387 e. The molecule has 2 aromatic rings. The van der Waals surface area contributed by atoms with Crippen LogP contribution < -0.4 is 4.74 Å². The van der Waals surface area contributed by atoms with Crippen molar-refractivity contribution in [3.63, 3.8) is 0 Å². The molecule has 1 fully saturated rings. The summed E-state index contributed by atoms with van der Waals surface area (Å²) in [7, 11) is 0. The van der Waals surface area contributed by atoms with Gasteiger partial charge in [0.1, 0.15) is 15.8 Å². The van der Waals surface area contributed by atoms with E-state index in [2.05, 4.69) is 4.74 Å². The molecule has 124 valence electrons. The van der Waals surface area contributed by atoms with Crippen LogP contribution in [0.25, 0.3) is 6.08 Å². The number of thioether (sulfide) groups is 1. The van der Waals surface area contributed by atoms with Crippen molar-refractivity contribution in [2.75, 3.05) is 0 Å². The first-order valence-electron chi connectivity index (χ1n) is 6.85. The van der Waals surface area contributed by atoms with Crippen LogP contribution in [0.15, 0.2) is 52.0 Å². The average Bonchev–Trinajstić information content (AvgIpc) is 3.13. The topological polar surface area (TPSA) is 42.7 Å². The molecule has 0 saturated carbocycles. The minimum atomic E-state index is -2.87. The van der Waals surface area contributed by atoms with Crippen molar-refractivity contribution < 1.29 is 22.7 Å². The quantitative estimate of drug-likeness (QED) is 0.583. The first kappa shape index (κ1) is 16.7. The Kier molecular flexibility index (Phi) is 4.96. The van der Waals surface area contributed by atoms with Crippen LogP contribution in [0.1, 0.15) is 11.3 Å². The van der Waals surface area contributed by atoms with E-state index in [4.69, 9.17) is 16.6 Å². The number of ether oxygens (including phenoxy) is 1. The Hall–Kier alpha value is -2.19. The molecule has 4 nitrogen and oxygen atoms in total. The van der Waals surface area contributed by atoms with Crippen molar-refractivity contribution in [3.8, 4) is 5.75 Å². The number of furan rings is 1. The minimum absolute atomic E-state index is 0.0625. The molecule has 0 atom stereocenters. The van der Waals surface area contributed by atoms with Crippen molar-refractivity contribution in [1.82, 2.24) is 4.90 Å². The summed E-state index contributed by atoms with van der Waals surface area (Å²) in [4.78, 5) is 14.4. The monoisotopic (exact) mass is 367 g/mol. The summed E-state index contributed by atoms with van der Waals surface area (Å²) in [5.41, 5.74) is 0.690. The lowest BCUT2D eigenvalue weighted by atomic mass is 10.2. The SMILES string of the molecule is O=C1/C(=C/c2ccc(OC(F)F)cc2)SC(=S)N1Cc1ccco1. The highest BCUT2D eigenvalue weighted by Crippen LogP contribution is 2.33. The van der Waals surface area contributed by atoms with Gasteiger partial charge in [-0.25, -0.2) is 0 Å². The van der Waals surface area contributed by atoms with Crippen LogP contribution >= 0.6 is 24.0 Å². The average molecular weight is 367 g/mol. The molecule has 0 radical (unpaired) electrons. The molecule has 0 N–H and O–H groups in total. The summed E-state index contributed by atoms with van der Waals surface area (Å²) in [6.07, 6.45) is 3.19. The van der Waals surface area contributed by atoms with E-state index in [1.807, 2.05) is 0 Å². The van der Waals surface area contributed by atoms with Gasteiger partial charge in [-0.15, -0.1) is 0 Å². The Morgan fingerprint density at radius 2 is 2.04 bits per heavy atom. The first-order chi connectivity index (χ1) is 11.5. The second-order valence-corrected chi connectivity index (χ2v) is 6.47. The van der Waals surface area contributed by atoms with Crippen LogP contribution in [0.4, 0.5) is 8.78 Å². The standard InChI is InChI=1S/C16H11F2NO3S2/c17-15(18)22-11-5-3-10(4-6-11)8-13-14(20)19(16(23)24-13)9-12-2-1-7-21-12/h1-8,15H,9H2/b13-8-. The van der Waals surface area contributed by atoms with Gasteiger partial charge in [0.05, 0.1) is 17.7 Å². The molecule has 8 heteroatoms. The zero-order valence-corrected chi connectivity index (χ0v) is 13.8. The highest BCUT2D eigenvalue weighted by Gasteiger charge is 2.32. The lowest BCUT2D eigenvalue weighted by Crippen LogP contribution is -2.27. The van der Waals surface area contributed by atoms with Crippen LogP contribution in [-0.4, -0.2) is 21.7 Å². The van der Waals surface area contributed by atoms with Crippen molar-refractivity contribution in [2.24, 2.45) is 0 Å². The third-order valence-electron chi connectivity index (χ3n) is 3.17. The Morgan fingerprint density at radius 3 is 2.67 bits per heavy atom. The summed E-state index contributed by atoms with van der Waals surface area (Å²) < 4.78 is 34.2. The number of thiocarbonyl (C=S) groups is 1. The third kappa shape index (κ3) is 3.82. The van der Waals surface area contributed by atoms with Crippen LogP contribution in [-0.2, 0) is 11.3 Å². The molecule has 0 aliphatic carbocycles. The normalized spacial score (nSPS) is 16.5. The van der Waals surface area contributed by atoms with Crippen molar-refractivity contribution >= 4 is 40.3 Å². The summed E-state index contributed by atoms with van der Waals surface area (Å²) in [6.45, 7) is -2.59. The highest BCUT2D eigenvalue weighted by molar-refractivity contribution is 8.26. The number of carbonyl (C=O) groups is 1. The van der Waals surface area contributed by atoms with Gasteiger partial charge in [0.15, 0.2) is 0 Å². The predicted molar refractivity (Wildman–Crippen MR) is 90.5 cm³/mol. The van der Waals surface area contributed by atoms with Crippen LogP contribution in [0.3, 0.4) is 0 Å². The Balaban J connectivity index is 1.73.